The number of hydrogen-bond donors (Lipinski definition) is 2. The Labute approximate surface area is 70.4 Å². The van der Waals surface area contributed by atoms with Gasteiger partial charge in [0, 0.05) is 32.3 Å². The predicted octanol–water partition coefficient (Wildman–Crippen LogP) is -1.14. The van der Waals surface area contributed by atoms with Gasteiger partial charge in [-0.1, -0.05) is 5.21 Å². The highest BCUT2D eigenvalue weighted by molar-refractivity contribution is 5.08. The number of rotatable bonds is 1. The minimum atomic E-state index is -0.318. The van der Waals surface area contributed by atoms with Crippen molar-refractivity contribution in [3.63, 3.8) is 0 Å². The van der Waals surface area contributed by atoms with Crippen molar-refractivity contribution in [2.45, 2.75) is 12.0 Å². The monoisotopic (exact) mass is 168 g/mol. The molecule has 66 valence electrons. The van der Waals surface area contributed by atoms with Crippen molar-refractivity contribution in [2.75, 3.05) is 13.1 Å². The third-order valence-electron chi connectivity index (χ3n) is 2.18. The van der Waals surface area contributed by atoms with Crippen LogP contribution >= 0.6 is 0 Å². The van der Waals surface area contributed by atoms with Crippen LogP contribution in [-0.2, 0) is 7.05 Å². The first-order chi connectivity index (χ1) is 5.77. The lowest BCUT2D eigenvalue weighted by molar-refractivity contribution is 0.176. The molecule has 1 aliphatic heterocycles. The molecule has 1 saturated heterocycles. The maximum Gasteiger partial charge on any atom is 0.0896 e. The largest absolute Gasteiger partial charge is 0.391 e. The van der Waals surface area contributed by atoms with E-state index in [1.807, 2.05) is 13.2 Å². The summed E-state index contributed by atoms with van der Waals surface area (Å²) < 4.78 is 1.65. The van der Waals surface area contributed by atoms with Crippen molar-refractivity contribution in [1.29, 1.82) is 0 Å². The molecule has 12 heavy (non-hydrogen) atoms. The summed E-state index contributed by atoms with van der Waals surface area (Å²) in [4.78, 5) is 0. The molecule has 2 atom stereocenters. The van der Waals surface area contributed by atoms with Gasteiger partial charge in [-0.3, -0.25) is 4.68 Å². The fourth-order valence-corrected chi connectivity index (χ4v) is 1.50. The molecule has 1 aromatic rings. The van der Waals surface area contributed by atoms with E-state index in [0.717, 1.165) is 12.2 Å². The highest BCUT2D eigenvalue weighted by atomic mass is 16.3. The van der Waals surface area contributed by atoms with Gasteiger partial charge in [0.05, 0.1) is 11.8 Å². The van der Waals surface area contributed by atoms with E-state index in [0.29, 0.717) is 6.54 Å². The molecule has 0 bridgehead atoms. The van der Waals surface area contributed by atoms with Gasteiger partial charge in [-0.25, -0.2) is 0 Å². The lowest BCUT2D eigenvalue weighted by atomic mass is 10.0. The van der Waals surface area contributed by atoms with Crippen molar-refractivity contribution < 1.29 is 5.11 Å². The fraction of sp³-hybridized carbons (Fsp3) is 0.714. The van der Waals surface area contributed by atoms with Crippen molar-refractivity contribution in [3.8, 4) is 0 Å². The fourth-order valence-electron chi connectivity index (χ4n) is 1.50. The molecule has 0 aliphatic carbocycles. The Kier molecular flexibility index (Phi) is 1.82. The van der Waals surface area contributed by atoms with E-state index in [9.17, 15) is 5.11 Å². The molecule has 1 fully saturated rings. The second-order valence-corrected chi connectivity index (χ2v) is 3.15. The van der Waals surface area contributed by atoms with Crippen LogP contribution in [0.25, 0.3) is 0 Å². The molecule has 0 aromatic carbocycles. The summed E-state index contributed by atoms with van der Waals surface area (Å²) in [6.45, 7) is 1.45. The second-order valence-electron chi connectivity index (χ2n) is 3.15. The first-order valence-corrected chi connectivity index (χ1v) is 4.02. The van der Waals surface area contributed by atoms with Crippen molar-refractivity contribution >= 4 is 0 Å². The Morgan fingerprint density at radius 1 is 1.67 bits per heavy atom. The molecule has 5 heteroatoms. The van der Waals surface area contributed by atoms with Crippen LogP contribution in [0.15, 0.2) is 6.20 Å². The molecule has 2 heterocycles. The van der Waals surface area contributed by atoms with E-state index >= 15 is 0 Å². The standard InChI is InChI=1S/C7H12N4O/c1-11-4-6(9-10-11)5-2-8-3-7(5)12/h4-5,7-8,12H,2-3H2,1H3/t5-,7+/m0/s1. The van der Waals surface area contributed by atoms with Crippen LogP contribution in [0.1, 0.15) is 11.6 Å². The van der Waals surface area contributed by atoms with E-state index in [1.54, 1.807) is 4.68 Å². The van der Waals surface area contributed by atoms with Crippen molar-refractivity contribution in [1.82, 2.24) is 20.3 Å². The first kappa shape index (κ1) is 7.70. The lowest BCUT2D eigenvalue weighted by Crippen LogP contribution is -2.16. The third kappa shape index (κ3) is 1.21. The summed E-state index contributed by atoms with van der Waals surface area (Å²) in [5, 5.41) is 20.4. The SMILES string of the molecule is Cn1cc([C@@H]2CNC[C@H]2O)nn1. The minimum Gasteiger partial charge on any atom is -0.391 e. The molecular weight excluding hydrogens is 156 g/mol. The van der Waals surface area contributed by atoms with E-state index in [2.05, 4.69) is 15.6 Å². The quantitative estimate of drug-likeness (QED) is 0.556. The van der Waals surface area contributed by atoms with E-state index in [1.165, 1.54) is 0 Å². The number of nitrogens with zero attached hydrogens (tertiary/aromatic N) is 3. The Bertz CT molecular complexity index is 272. The highest BCUT2D eigenvalue weighted by Gasteiger charge is 2.28. The zero-order valence-electron chi connectivity index (χ0n) is 6.94. The topological polar surface area (TPSA) is 63.0 Å². The summed E-state index contributed by atoms with van der Waals surface area (Å²) in [5.74, 6) is 0.110. The molecule has 5 nitrogen and oxygen atoms in total. The molecule has 2 N–H and O–H groups in total. The molecule has 0 unspecified atom stereocenters. The molecular formula is C7H12N4O. The summed E-state index contributed by atoms with van der Waals surface area (Å²) in [5.41, 5.74) is 0.870. The number of β-amino-alcohol motifs (C(OH)–C–C–N with tert-alkyl or cyclic N) is 1. The van der Waals surface area contributed by atoms with Crippen LogP contribution in [0, 0.1) is 0 Å². The summed E-state index contributed by atoms with van der Waals surface area (Å²) >= 11 is 0. The van der Waals surface area contributed by atoms with Gasteiger partial charge < -0.3 is 10.4 Å². The average molecular weight is 168 g/mol. The van der Waals surface area contributed by atoms with E-state index < -0.39 is 0 Å². The van der Waals surface area contributed by atoms with Crippen LogP contribution in [0.4, 0.5) is 0 Å². The molecule has 0 amide bonds. The van der Waals surface area contributed by atoms with Crippen molar-refractivity contribution in [2.24, 2.45) is 7.05 Å². The molecule has 1 aliphatic rings. The Morgan fingerprint density at radius 3 is 3.00 bits per heavy atom. The number of aliphatic hydroxyl groups excluding tert-OH is 1. The molecule has 0 radical (unpaired) electrons. The number of nitrogens with one attached hydrogen (secondary N) is 1. The van der Waals surface area contributed by atoms with Crippen LogP contribution in [-0.4, -0.2) is 39.3 Å². The van der Waals surface area contributed by atoms with Gasteiger partial charge in [0.1, 0.15) is 0 Å². The summed E-state index contributed by atoms with van der Waals surface area (Å²) in [6, 6.07) is 0. The molecule has 0 spiro atoms. The normalized spacial score (nSPS) is 29.5. The van der Waals surface area contributed by atoms with E-state index in [4.69, 9.17) is 0 Å². The zero-order chi connectivity index (χ0) is 8.55. The molecule has 2 rings (SSSR count). The first-order valence-electron chi connectivity index (χ1n) is 4.02. The Hall–Kier alpha value is -0.940. The van der Waals surface area contributed by atoms with Gasteiger partial charge in [-0.15, -0.1) is 5.10 Å². The Morgan fingerprint density at radius 2 is 2.50 bits per heavy atom. The summed E-state index contributed by atoms with van der Waals surface area (Å²) in [6.07, 6.45) is 1.53. The zero-order valence-corrected chi connectivity index (χ0v) is 6.94. The van der Waals surface area contributed by atoms with Crippen molar-refractivity contribution in [3.05, 3.63) is 11.9 Å². The third-order valence-corrected chi connectivity index (χ3v) is 2.18. The van der Waals surface area contributed by atoms with Crippen LogP contribution in [0.3, 0.4) is 0 Å². The van der Waals surface area contributed by atoms with Gasteiger partial charge in [0.2, 0.25) is 0 Å². The Balaban J connectivity index is 2.19. The minimum absolute atomic E-state index is 0.110. The number of hydrogen-bond acceptors (Lipinski definition) is 4. The van der Waals surface area contributed by atoms with E-state index in [-0.39, 0.29) is 12.0 Å². The maximum absolute atomic E-state index is 9.51. The van der Waals surface area contributed by atoms with Gasteiger partial charge in [0.25, 0.3) is 0 Å². The van der Waals surface area contributed by atoms with Gasteiger partial charge in [-0.05, 0) is 0 Å². The number of aromatic nitrogens is 3. The smallest absolute Gasteiger partial charge is 0.0896 e. The van der Waals surface area contributed by atoms with Gasteiger partial charge in [0.15, 0.2) is 0 Å². The maximum atomic E-state index is 9.51. The van der Waals surface area contributed by atoms with Gasteiger partial charge >= 0.3 is 0 Å². The molecule has 1 aromatic heterocycles. The lowest BCUT2D eigenvalue weighted by Gasteiger charge is -2.07. The predicted molar refractivity (Wildman–Crippen MR) is 42.6 cm³/mol. The van der Waals surface area contributed by atoms with Crippen LogP contribution < -0.4 is 5.32 Å². The number of aryl methyl sites for hydroxylation is 1. The van der Waals surface area contributed by atoms with Gasteiger partial charge in [-0.2, -0.15) is 0 Å². The molecule has 0 saturated carbocycles. The average Bonchev–Trinajstić information content (AvgIpc) is 2.58. The van der Waals surface area contributed by atoms with Crippen LogP contribution in [0.2, 0.25) is 0 Å². The second kappa shape index (κ2) is 2.84. The summed E-state index contributed by atoms with van der Waals surface area (Å²) in [7, 11) is 1.82. The van der Waals surface area contributed by atoms with Crippen LogP contribution in [0.5, 0.6) is 0 Å². The highest BCUT2D eigenvalue weighted by Crippen LogP contribution is 2.19. The number of aliphatic hydroxyl groups is 1.